The Bertz CT molecular complexity index is 772. The van der Waals surface area contributed by atoms with Crippen molar-refractivity contribution in [2.75, 3.05) is 21.3 Å². The first-order chi connectivity index (χ1) is 13.0. The number of halogens is 2. The van der Waals surface area contributed by atoms with Gasteiger partial charge in [0, 0.05) is 38.0 Å². The van der Waals surface area contributed by atoms with Crippen molar-refractivity contribution in [2.24, 2.45) is 4.99 Å². The van der Waals surface area contributed by atoms with Crippen molar-refractivity contribution in [1.29, 1.82) is 0 Å². The van der Waals surface area contributed by atoms with Crippen LogP contribution >= 0.6 is 0 Å². The van der Waals surface area contributed by atoms with E-state index in [-0.39, 0.29) is 12.3 Å². The second-order valence-electron chi connectivity index (χ2n) is 5.34. The largest absolute Gasteiger partial charge is 0.497 e. The average Bonchev–Trinajstić information content (AvgIpc) is 2.68. The third-order valence-electron chi connectivity index (χ3n) is 3.62. The van der Waals surface area contributed by atoms with Crippen LogP contribution in [0, 0.1) is 0 Å². The highest BCUT2D eigenvalue weighted by Gasteiger charge is 2.11. The maximum atomic E-state index is 12.6. The number of alkyl halides is 2. The van der Waals surface area contributed by atoms with E-state index in [1.807, 2.05) is 6.07 Å². The van der Waals surface area contributed by atoms with E-state index in [2.05, 4.69) is 25.3 Å². The molecule has 0 saturated carbocycles. The monoisotopic (exact) mass is 380 g/mol. The van der Waals surface area contributed by atoms with E-state index < -0.39 is 6.61 Å². The van der Waals surface area contributed by atoms with E-state index in [0.29, 0.717) is 29.7 Å². The molecule has 0 fully saturated rings. The molecule has 0 unspecified atom stereocenters. The van der Waals surface area contributed by atoms with Crippen LogP contribution in [0.1, 0.15) is 11.1 Å². The lowest BCUT2D eigenvalue weighted by Gasteiger charge is -2.15. The molecule has 0 aliphatic carbocycles. The Labute approximate surface area is 156 Å². The summed E-state index contributed by atoms with van der Waals surface area (Å²) in [6.45, 7) is -2.20. The SMILES string of the molecule is CN=C(NCc1ccnc(OC)c1)NCc1cc(OC)ccc1OC(F)F. The molecule has 2 N–H and O–H groups in total. The molecule has 9 heteroatoms. The van der Waals surface area contributed by atoms with Crippen molar-refractivity contribution in [3.8, 4) is 17.4 Å². The number of nitrogens with zero attached hydrogens (tertiary/aromatic N) is 2. The standard InChI is InChI=1S/C18H22F2N4O3/c1-21-18(23-10-12-6-7-22-16(8-12)26-3)24-11-13-9-14(25-2)4-5-15(13)27-17(19)20/h4-9,17H,10-11H2,1-3H3,(H2,21,23,24). The van der Waals surface area contributed by atoms with Gasteiger partial charge in [-0.25, -0.2) is 4.98 Å². The van der Waals surface area contributed by atoms with Gasteiger partial charge < -0.3 is 24.8 Å². The van der Waals surface area contributed by atoms with Gasteiger partial charge in [-0.1, -0.05) is 0 Å². The fraction of sp³-hybridized carbons (Fsp3) is 0.333. The minimum absolute atomic E-state index is 0.0765. The average molecular weight is 380 g/mol. The quantitative estimate of drug-likeness (QED) is 0.542. The van der Waals surface area contributed by atoms with E-state index in [0.717, 1.165) is 5.56 Å². The lowest BCUT2D eigenvalue weighted by atomic mass is 10.2. The summed E-state index contributed by atoms with van der Waals surface area (Å²) in [5.41, 5.74) is 1.47. The van der Waals surface area contributed by atoms with Crippen LogP contribution < -0.4 is 24.8 Å². The van der Waals surface area contributed by atoms with E-state index in [1.165, 1.54) is 13.2 Å². The molecule has 2 aromatic rings. The topological polar surface area (TPSA) is 77.0 Å². The number of rotatable bonds is 8. The molecule has 146 valence electrons. The lowest BCUT2D eigenvalue weighted by molar-refractivity contribution is -0.0504. The summed E-state index contributed by atoms with van der Waals surface area (Å²) in [5.74, 6) is 1.63. The van der Waals surface area contributed by atoms with Crippen molar-refractivity contribution in [1.82, 2.24) is 15.6 Å². The molecule has 1 aromatic carbocycles. The fourth-order valence-corrected chi connectivity index (χ4v) is 2.29. The predicted molar refractivity (Wildman–Crippen MR) is 97.5 cm³/mol. The molecule has 1 heterocycles. The molecular formula is C18H22F2N4O3. The molecule has 1 aromatic heterocycles. The van der Waals surface area contributed by atoms with Gasteiger partial charge in [0.15, 0.2) is 5.96 Å². The predicted octanol–water partition coefficient (Wildman–Crippen LogP) is 2.57. The molecule has 0 aliphatic rings. The van der Waals surface area contributed by atoms with E-state index in [9.17, 15) is 8.78 Å². The zero-order valence-electron chi connectivity index (χ0n) is 15.3. The summed E-state index contributed by atoms with van der Waals surface area (Å²) >= 11 is 0. The summed E-state index contributed by atoms with van der Waals surface area (Å²) in [6.07, 6.45) is 1.65. The first-order valence-corrected chi connectivity index (χ1v) is 8.11. The highest BCUT2D eigenvalue weighted by Crippen LogP contribution is 2.25. The summed E-state index contributed by atoms with van der Waals surface area (Å²) in [5, 5.41) is 6.19. The van der Waals surface area contributed by atoms with Gasteiger partial charge in [-0.2, -0.15) is 8.78 Å². The number of benzene rings is 1. The number of methoxy groups -OCH3 is 2. The van der Waals surface area contributed by atoms with Gasteiger partial charge in [0.2, 0.25) is 5.88 Å². The van der Waals surface area contributed by atoms with Gasteiger partial charge >= 0.3 is 6.61 Å². The van der Waals surface area contributed by atoms with Crippen molar-refractivity contribution in [3.63, 3.8) is 0 Å². The highest BCUT2D eigenvalue weighted by molar-refractivity contribution is 5.79. The molecular weight excluding hydrogens is 358 g/mol. The summed E-state index contributed by atoms with van der Waals surface area (Å²) < 4.78 is 40.0. The Morgan fingerprint density at radius 2 is 1.89 bits per heavy atom. The third-order valence-corrected chi connectivity index (χ3v) is 3.62. The van der Waals surface area contributed by atoms with Crippen molar-refractivity contribution in [3.05, 3.63) is 47.7 Å². The number of aromatic nitrogens is 1. The first-order valence-electron chi connectivity index (χ1n) is 8.11. The maximum absolute atomic E-state index is 12.6. The van der Waals surface area contributed by atoms with E-state index >= 15 is 0 Å². The second kappa shape index (κ2) is 10.1. The van der Waals surface area contributed by atoms with Crippen LogP contribution in [0.4, 0.5) is 8.78 Å². The number of hydrogen-bond donors (Lipinski definition) is 2. The summed E-state index contributed by atoms with van der Waals surface area (Å²) in [6, 6.07) is 8.29. The van der Waals surface area contributed by atoms with Crippen LogP contribution in [0.5, 0.6) is 17.4 Å². The molecule has 0 aliphatic heterocycles. The molecule has 0 radical (unpaired) electrons. The molecule has 0 spiro atoms. The van der Waals surface area contributed by atoms with Gasteiger partial charge in [0.1, 0.15) is 11.5 Å². The molecule has 27 heavy (non-hydrogen) atoms. The molecule has 0 saturated heterocycles. The zero-order valence-corrected chi connectivity index (χ0v) is 15.3. The number of aliphatic imine (C=N–C) groups is 1. The lowest BCUT2D eigenvalue weighted by Crippen LogP contribution is -2.36. The van der Waals surface area contributed by atoms with E-state index in [1.54, 1.807) is 38.6 Å². The smallest absolute Gasteiger partial charge is 0.387 e. The van der Waals surface area contributed by atoms with Gasteiger partial charge in [0.25, 0.3) is 0 Å². The van der Waals surface area contributed by atoms with Crippen molar-refractivity contribution in [2.45, 2.75) is 19.7 Å². The van der Waals surface area contributed by atoms with Crippen LogP contribution in [0.2, 0.25) is 0 Å². The number of hydrogen-bond acceptors (Lipinski definition) is 5. The summed E-state index contributed by atoms with van der Waals surface area (Å²) in [4.78, 5) is 8.17. The normalized spacial score (nSPS) is 11.3. The van der Waals surface area contributed by atoms with Gasteiger partial charge in [-0.05, 0) is 29.8 Å². The number of guanidine groups is 1. The Morgan fingerprint density at radius 1 is 1.11 bits per heavy atom. The van der Waals surface area contributed by atoms with E-state index in [4.69, 9.17) is 9.47 Å². The fourth-order valence-electron chi connectivity index (χ4n) is 2.29. The van der Waals surface area contributed by atoms with Crippen LogP contribution in [-0.2, 0) is 13.1 Å². The highest BCUT2D eigenvalue weighted by atomic mass is 19.3. The van der Waals surface area contributed by atoms with Gasteiger partial charge in [-0.3, -0.25) is 4.99 Å². The van der Waals surface area contributed by atoms with Crippen LogP contribution in [0.3, 0.4) is 0 Å². The van der Waals surface area contributed by atoms with Crippen LogP contribution in [0.15, 0.2) is 41.5 Å². The molecule has 0 bridgehead atoms. The van der Waals surface area contributed by atoms with Gasteiger partial charge in [0.05, 0.1) is 14.2 Å². The van der Waals surface area contributed by atoms with Crippen LogP contribution in [0.25, 0.3) is 0 Å². The Kier molecular flexibility index (Phi) is 7.60. The minimum atomic E-state index is -2.91. The van der Waals surface area contributed by atoms with Crippen molar-refractivity contribution >= 4 is 5.96 Å². The minimum Gasteiger partial charge on any atom is -0.497 e. The van der Waals surface area contributed by atoms with Gasteiger partial charge in [-0.15, -0.1) is 0 Å². The Hall–Kier alpha value is -3.10. The third kappa shape index (κ3) is 6.28. The molecule has 2 rings (SSSR count). The number of nitrogens with one attached hydrogen (secondary N) is 2. The zero-order chi connectivity index (χ0) is 19.6. The first kappa shape index (κ1) is 20.2. The number of ether oxygens (including phenoxy) is 3. The molecule has 0 amide bonds. The molecule has 0 atom stereocenters. The maximum Gasteiger partial charge on any atom is 0.387 e. The Morgan fingerprint density at radius 3 is 2.56 bits per heavy atom. The molecule has 7 nitrogen and oxygen atoms in total. The summed E-state index contributed by atoms with van der Waals surface area (Å²) in [7, 11) is 4.67. The Balaban J connectivity index is 2.00. The van der Waals surface area contributed by atoms with Crippen LogP contribution in [-0.4, -0.2) is 38.8 Å². The second-order valence-corrected chi connectivity index (χ2v) is 5.34. The van der Waals surface area contributed by atoms with Crippen molar-refractivity contribution < 1.29 is 23.0 Å². The number of pyridine rings is 1.